The zero-order valence-electron chi connectivity index (χ0n) is 10.4. The number of hydrogen-bond acceptors (Lipinski definition) is 5. The molecule has 1 spiro atoms. The highest BCUT2D eigenvalue weighted by Crippen LogP contribution is 2.42. The lowest BCUT2D eigenvalue weighted by molar-refractivity contribution is -0.270. The van der Waals surface area contributed by atoms with E-state index in [1.54, 1.807) is 6.20 Å². The van der Waals surface area contributed by atoms with E-state index < -0.39 is 11.7 Å². The van der Waals surface area contributed by atoms with Crippen LogP contribution in [-0.2, 0) is 14.4 Å². The fraction of sp³-hybridized carbons (Fsp3) is 0.750. The Kier molecular flexibility index (Phi) is 2.80. The van der Waals surface area contributed by atoms with E-state index in [1.807, 2.05) is 12.0 Å². The molecule has 6 nitrogen and oxygen atoms in total. The highest BCUT2D eigenvalue weighted by atomic mass is 16.7. The normalized spacial score (nSPS) is 43.1. The number of nitrogens with one attached hydrogen (secondary N) is 1. The van der Waals surface area contributed by atoms with Crippen molar-refractivity contribution < 1.29 is 19.5 Å². The first-order valence-electron chi connectivity index (χ1n) is 6.38. The zero-order valence-corrected chi connectivity index (χ0v) is 10.4. The molecule has 3 atom stereocenters. The topological polar surface area (TPSA) is 71.0 Å². The fourth-order valence-electron chi connectivity index (χ4n) is 3.12. The minimum Gasteiger partial charge on any atom is -0.478 e. The summed E-state index contributed by atoms with van der Waals surface area (Å²) in [6.45, 7) is 2.74. The molecule has 0 amide bonds. The van der Waals surface area contributed by atoms with E-state index in [-0.39, 0.29) is 24.3 Å². The third kappa shape index (κ3) is 1.64. The van der Waals surface area contributed by atoms with Gasteiger partial charge in [0.05, 0.1) is 24.3 Å². The molecule has 0 aromatic carbocycles. The quantitative estimate of drug-likeness (QED) is 0.708. The number of rotatable bonds is 1. The van der Waals surface area contributed by atoms with Crippen molar-refractivity contribution in [3.8, 4) is 0 Å². The highest BCUT2D eigenvalue weighted by molar-refractivity contribution is 5.86. The van der Waals surface area contributed by atoms with Crippen LogP contribution in [0.5, 0.6) is 0 Å². The van der Waals surface area contributed by atoms with E-state index in [9.17, 15) is 4.79 Å². The minimum absolute atomic E-state index is 0.0739. The predicted octanol–water partition coefficient (Wildman–Crippen LogP) is 0.459. The van der Waals surface area contributed by atoms with Crippen molar-refractivity contribution in [1.29, 1.82) is 0 Å². The molecule has 2 heterocycles. The molecule has 2 N–H and O–H groups in total. The van der Waals surface area contributed by atoms with Crippen molar-refractivity contribution in [1.82, 2.24) is 10.4 Å². The Labute approximate surface area is 105 Å². The summed E-state index contributed by atoms with van der Waals surface area (Å²) in [6.07, 6.45) is 4.51. The van der Waals surface area contributed by atoms with Gasteiger partial charge in [-0.1, -0.05) is 0 Å². The summed E-state index contributed by atoms with van der Waals surface area (Å²) in [4.78, 5) is 16.8. The molecule has 100 valence electrons. The van der Waals surface area contributed by atoms with E-state index >= 15 is 0 Å². The molecule has 3 aliphatic rings. The van der Waals surface area contributed by atoms with Crippen molar-refractivity contribution >= 4 is 5.97 Å². The molecule has 0 bridgehead atoms. The first kappa shape index (κ1) is 12.0. The second-order valence-electron chi connectivity index (χ2n) is 5.19. The van der Waals surface area contributed by atoms with Crippen LogP contribution < -0.4 is 5.32 Å². The molecule has 18 heavy (non-hydrogen) atoms. The molecule has 0 unspecified atom stereocenters. The first-order valence-corrected chi connectivity index (χ1v) is 6.38. The van der Waals surface area contributed by atoms with E-state index in [2.05, 4.69) is 5.32 Å². The second-order valence-corrected chi connectivity index (χ2v) is 5.19. The molecule has 6 heteroatoms. The van der Waals surface area contributed by atoms with Gasteiger partial charge in [0.1, 0.15) is 6.61 Å². The SMILES string of the molecule is C[C@H]1CO[C@]23CCC[C@H]2N/C=C(/C(=O)O)CON13. The van der Waals surface area contributed by atoms with Gasteiger partial charge in [-0.25, -0.2) is 4.79 Å². The van der Waals surface area contributed by atoms with E-state index in [0.717, 1.165) is 19.3 Å². The van der Waals surface area contributed by atoms with E-state index in [1.165, 1.54) is 0 Å². The number of nitrogens with zero attached hydrogens (tertiary/aromatic N) is 1. The molecule has 0 aromatic heterocycles. The molecule has 0 aromatic rings. The number of aliphatic carboxylic acids is 1. The van der Waals surface area contributed by atoms with Crippen LogP contribution in [0.25, 0.3) is 0 Å². The van der Waals surface area contributed by atoms with Crippen LogP contribution >= 0.6 is 0 Å². The molecule has 2 fully saturated rings. The van der Waals surface area contributed by atoms with Crippen molar-refractivity contribution in [3.63, 3.8) is 0 Å². The fourth-order valence-corrected chi connectivity index (χ4v) is 3.12. The van der Waals surface area contributed by atoms with Crippen LogP contribution in [0.4, 0.5) is 0 Å². The number of carboxylic acid groups (broad SMARTS) is 1. The zero-order chi connectivity index (χ0) is 12.8. The lowest BCUT2D eigenvalue weighted by atomic mass is 10.1. The summed E-state index contributed by atoms with van der Waals surface area (Å²) < 4.78 is 5.97. The number of ether oxygens (including phenoxy) is 1. The van der Waals surface area contributed by atoms with Crippen molar-refractivity contribution in [3.05, 3.63) is 11.8 Å². The van der Waals surface area contributed by atoms with Gasteiger partial charge in [0.25, 0.3) is 0 Å². The van der Waals surface area contributed by atoms with Gasteiger partial charge in [-0.3, -0.25) is 4.84 Å². The third-order valence-corrected chi connectivity index (χ3v) is 4.01. The Morgan fingerprint density at radius 2 is 2.50 bits per heavy atom. The second kappa shape index (κ2) is 4.22. The van der Waals surface area contributed by atoms with Crippen molar-refractivity contribution in [2.45, 2.75) is 44.0 Å². The maximum Gasteiger partial charge on any atom is 0.335 e. The molecule has 2 aliphatic heterocycles. The van der Waals surface area contributed by atoms with Crippen LogP contribution in [0.3, 0.4) is 0 Å². The summed E-state index contributed by atoms with van der Waals surface area (Å²) in [7, 11) is 0. The average molecular weight is 254 g/mol. The lowest BCUT2D eigenvalue weighted by Crippen LogP contribution is -2.57. The first-order chi connectivity index (χ1) is 8.63. The Hall–Kier alpha value is -1.11. The molecular formula is C12H18N2O4. The van der Waals surface area contributed by atoms with Crippen LogP contribution in [0.2, 0.25) is 0 Å². The van der Waals surface area contributed by atoms with Gasteiger partial charge in [0.2, 0.25) is 0 Å². The number of carboxylic acids is 1. The highest BCUT2D eigenvalue weighted by Gasteiger charge is 2.55. The number of hydroxylamine groups is 2. The Morgan fingerprint density at radius 1 is 1.67 bits per heavy atom. The summed E-state index contributed by atoms with van der Waals surface area (Å²) >= 11 is 0. The minimum atomic E-state index is -0.944. The summed E-state index contributed by atoms with van der Waals surface area (Å²) in [5, 5.41) is 14.1. The Bertz CT molecular complexity index is 398. The summed E-state index contributed by atoms with van der Waals surface area (Å²) in [6, 6.07) is 0.248. The molecule has 1 saturated heterocycles. The van der Waals surface area contributed by atoms with Crippen LogP contribution in [0, 0.1) is 0 Å². The largest absolute Gasteiger partial charge is 0.478 e. The molecule has 1 aliphatic carbocycles. The van der Waals surface area contributed by atoms with Gasteiger partial charge in [0.15, 0.2) is 5.72 Å². The smallest absolute Gasteiger partial charge is 0.335 e. The van der Waals surface area contributed by atoms with Gasteiger partial charge < -0.3 is 15.2 Å². The molecular weight excluding hydrogens is 236 g/mol. The van der Waals surface area contributed by atoms with Gasteiger partial charge in [-0.05, 0) is 26.2 Å². The van der Waals surface area contributed by atoms with Gasteiger partial charge in [0, 0.05) is 6.20 Å². The molecule has 1 saturated carbocycles. The maximum atomic E-state index is 11.0. The van der Waals surface area contributed by atoms with Gasteiger partial charge in [-0.15, -0.1) is 0 Å². The molecule has 0 radical (unpaired) electrons. The third-order valence-electron chi connectivity index (χ3n) is 4.01. The van der Waals surface area contributed by atoms with Gasteiger partial charge >= 0.3 is 5.97 Å². The van der Waals surface area contributed by atoms with E-state index in [4.69, 9.17) is 14.7 Å². The van der Waals surface area contributed by atoms with Crippen LogP contribution in [0.15, 0.2) is 11.8 Å². The number of hydrogen-bond donors (Lipinski definition) is 2. The molecule has 3 rings (SSSR count). The Morgan fingerprint density at radius 3 is 3.28 bits per heavy atom. The van der Waals surface area contributed by atoms with E-state index in [0.29, 0.717) is 6.61 Å². The monoisotopic (exact) mass is 254 g/mol. The lowest BCUT2D eigenvalue weighted by Gasteiger charge is -2.40. The maximum absolute atomic E-state index is 11.0. The predicted molar refractivity (Wildman–Crippen MR) is 62.4 cm³/mol. The summed E-state index contributed by atoms with van der Waals surface area (Å²) in [5.74, 6) is -0.944. The average Bonchev–Trinajstić information content (AvgIpc) is 2.83. The van der Waals surface area contributed by atoms with Crippen LogP contribution in [0.1, 0.15) is 26.2 Å². The Balaban J connectivity index is 1.91. The standard InChI is InChI=1S/C12H18N2O4/c1-8-6-17-12-4-2-3-10(12)13-5-9(11(15)16)7-18-14(8)12/h5,8,10,13H,2-4,6-7H2,1H3,(H,15,16)/b9-5+/t8-,10+,12+/m0/s1. The van der Waals surface area contributed by atoms with Crippen LogP contribution in [-0.4, -0.2) is 47.2 Å². The van der Waals surface area contributed by atoms with Crippen molar-refractivity contribution in [2.75, 3.05) is 13.2 Å². The summed E-state index contributed by atoms with van der Waals surface area (Å²) in [5.41, 5.74) is -0.172. The van der Waals surface area contributed by atoms with Gasteiger partial charge in [-0.2, -0.15) is 5.06 Å². The van der Waals surface area contributed by atoms with Crippen molar-refractivity contribution in [2.24, 2.45) is 0 Å². The number of carbonyl (C=O) groups is 1.